The number of aromatic nitrogens is 1. The Morgan fingerprint density at radius 2 is 1.98 bits per heavy atom. The predicted octanol–water partition coefficient (Wildman–Crippen LogP) is 1.50. The summed E-state index contributed by atoms with van der Waals surface area (Å²) in [6.07, 6.45) is 7.73. The number of nitrogens with one attached hydrogen (secondary N) is 3. The Morgan fingerprint density at radius 1 is 1.15 bits per heavy atom. The smallest absolute Gasteiger partial charge is 0.289 e. The fraction of sp³-hybridized carbons (Fsp3) is 0.483. The standard InChI is InChI=1S/C29H33N5O6/c1-40-23-8-3-7-20-19(23)13-21(31-20)29(39)34-14-16-5-2-6-18(16)25(34)27(37)32-22(15-33-12-4-9-24(33)35)26(36)28(38)30-17-10-11-17/h3-4,7-8,12-13,16-18,22,25,31H,2,5-6,9-11,14-15H2,1H3,(H,30,38)(H,32,37). The van der Waals surface area contributed by atoms with Crippen LogP contribution in [0.3, 0.4) is 0 Å². The molecule has 3 N–H and O–H groups in total. The number of methoxy groups -OCH3 is 1. The van der Waals surface area contributed by atoms with Crippen molar-refractivity contribution in [2.75, 3.05) is 20.2 Å². The molecule has 1 saturated heterocycles. The molecule has 4 amide bonds. The minimum absolute atomic E-state index is 0.0294. The minimum Gasteiger partial charge on any atom is -0.496 e. The highest BCUT2D eigenvalue weighted by Crippen LogP contribution is 2.43. The van der Waals surface area contributed by atoms with E-state index in [2.05, 4.69) is 15.6 Å². The maximum absolute atomic E-state index is 13.9. The number of carbonyl (C=O) groups is 5. The fourth-order valence-corrected chi connectivity index (χ4v) is 6.36. The van der Waals surface area contributed by atoms with E-state index in [-0.39, 0.29) is 42.7 Å². The number of nitrogens with zero attached hydrogens (tertiary/aromatic N) is 2. The summed E-state index contributed by atoms with van der Waals surface area (Å²) in [6.45, 7) is 0.288. The van der Waals surface area contributed by atoms with Crippen molar-refractivity contribution >= 4 is 40.3 Å². The number of amides is 4. The number of aromatic amines is 1. The summed E-state index contributed by atoms with van der Waals surface area (Å²) < 4.78 is 5.44. The Balaban J connectivity index is 1.25. The van der Waals surface area contributed by atoms with Gasteiger partial charge in [0.25, 0.3) is 11.8 Å². The highest BCUT2D eigenvalue weighted by molar-refractivity contribution is 6.38. The first-order valence-electron chi connectivity index (χ1n) is 13.9. The van der Waals surface area contributed by atoms with Crippen molar-refractivity contribution in [2.45, 2.75) is 56.7 Å². The van der Waals surface area contributed by atoms with Crippen LogP contribution in [0.15, 0.2) is 36.5 Å². The van der Waals surface area contributed by atoms with E-state index in [1.54, 1.807) is 30.4 Å². The van der Waals surface area contributed by atoms with Crippen LogP contribution in [0.5, 0.6) is 5.75 Å². The van der Waals surface area contributed by atoms with Crippen molar-refractivity contribution in [1.82, 2.24) is 25.4 Å². The molecule has 11 heteroatoms. The van der Waals surface area contributed by atoms with Gasteiger partial charge in [-0.25, -0.2) is 0 Å². The zero-order valence-corrected chi connectivity index (χ0v) is 22.4. The van der Waals surface area contributed by atoms with Crippen LogP contribution in [-0.2, 0) is 19.2 Å². The van der Waals surface area contributed by atoms with Crippen LogP contribution in [0.1, 0.15) is 49.0 Å². The fourth-order valence-electron chi connectivity index (χ4n) is 6.36. The van der Waals surface area contributed by atoms with Gasteiger partial charge in [0, 0.05) is 36.1 Å². The lowest BCUT2D eigenvalue weighted by atomic mass is 9.93. The molecule has 6 rings (SSSR count). The highest BCUT2D eigenvalue weighted by atomic mass is 16.5. The maximum Gasteiger partial charge on any atom is 0.289 e. The van der Waals surface area contributed by atoms with Crippen molar-refractivity contribution in [2.24, 2.45) is 11.8 Å². The number of benzene rings is 1. The number of hydrogen-bond acceptors (Lipinski definition) is 6. The summed E-state index contributed by atoms with van der Waals surface area (Å²) in [7, 11) is 1.57. The van der Waals surface area contributed by atoms with Crippen molar-refractivity contribution in [3.8, 4) is 5.75 Å². The molecule has 2 aliphatic carbocycles. The molecule has 0 radical (unpaired) electrons. The van der Waals surface area contributed by atoms with Gasteiger partial charge in [0.05, 0.1) is 13.7 Å². The van der Waals surface area contributed by atoms with Crippen molar-refractivity contribution < 1.29 is 28.7 Å². The van der Waals surface area contributed by atoms with Gasteiger partial charge in [-0.05, 0) is 55.7 Å². The van der Waals surface area contributed by atoms with E-state index in [0.717, 1.165) is 43.0 Å². The lowest BCUT2D eigenvalue weighted by Crippen LogP contribution is -2.57. The van der Waals surface area contributed by atoms with E-state index in [1.807, 2.05) is 18.2 Å². The first kappa shape index (κ1) is 26.1. The second-order valence-electron chi connectivity index (χ2n) is 11.2. The highest BCUT2D eigenvalue weighted by Gasteiger charge is 2.50. The van der Waals surface area contributed by atoms with Crippen LogP contribution in [0, 0.1) is 11.8 Å². The number of carbonyl (C=O) groups excluding carboxylic acids is 5. The van der Waals surface area contributed by atoms with Crippen LogP contribution >= 0.6 is 0 Å². The molecule has 4 aliphatic rings. The second-order valence-corrected chi connectivity index (χ2v) is 11.2. The Labute approximate surface area is 231 Å². The van der Waals surface area contributed by atoms with Crippen LogP contribution in [0.2, 0.25) is 0 Å². The van der Waals surface area contributed by atoms with E-state index in [9.17, 15) is 24.0 Å². The number of fused-ring (bicyclic) bond motifs is 2. The molecule has 3 heterocycles. The zero-order valence-electron chi connectivity index (χ0n) is 22.4. The third-order valence-electron chi connectivity index (χ3n) is 8.54. The van der Waals surface area contributed by atoms with Crippen molar-refractivity contribution in [3.05, 3.63) is 42.2 Å². The first-order valence-corrected chi connectivity index (χ1v) is 13.9. The Kier molecular flexibility index (Phi) is 6.81. The first-order chi connectivity index (χ1) is 19.3. The summed E-state index contributed by atoms with van der Waals surface area (Å²) in [5, 5.41) is 6.22. The number of Topliss-reactive ketones (excluding diaryl/α,β-unsaturated/α-hetero) is 1. The molecule has 210 valence electrons. The van der Waals surface area contributed by atoms with Crippen LogP contribution in [-0.4, -0.2) is 82.5 Å². The van der Waals surface area contributed by atoms with Gasteiger partial charge in [-0.1, -0.05) is 18.6 Å². The number of hydrogen-bond donors (Lipinski definition) is 3. The van der Waals surface area contributed by atoms with Crippen LogP contribution in [0.25, 0.3) is 10.9 Å². The predicted molar refractivity (Wildman–Crippen MR) is 144 cm³/mol. The maximum atomic E-state index is 13.9. The average Bonchev–Trinajstić information content (AvgIpc) is 3.30. The Hall–Kier alpha value is -4.15. The lowest BCUT2D eigenvalue weighted by molar-refractivity contribution is -0.141. The summed E-state index contributed by atoms with van der Waals surface area (Å²) in [4.78, 5) is 71.9. The van der Waals surface area contributed by atoms with Gasteiger partial charge in [-0.2, -0.15) is 0 Å². The van der Waals surface area contributed by atoms with Crippen LogP contribution in [0.4, 0.5) is 0 Å². The zero-order chi connectivity index (χ0) is 28.0. The van der Waals surface area contributed by atoms with E-state index in [0.29, 0.717) is 18.0 Å². The molecule has 1 aromatic carbocycles. The molecule has 11 nitrogen and oxygen atoms in total. The Bertz CT molecular complexity index is 1410. The summed E-state index contributed by atoms with van der Waals surface area (Å²) in [5.41, 5.74) is 1.10. The molecule has 4 unspecified atom stereocenters. The van der Waals surface area contributed by atoms with Gasteiger partial charge in [0.2, 0.25) is 17.6 Å². The van der Waals surface area contributed by atoms with E-state index in [4.69, 9.17) is 4.74 Å². The van der Waals surface area contributed by atoms with E-state index in [1.165, 1.54) is 4.90 Å². The van der Waals surface area contributed by atoms with Gasteiger partial charge in [-0.3, -0.25) is 24.0 Å². The topological polar surface area (TPSA) is 141 Å². The monoisotopic (exact) mass is 547 g/mol. The summed E-state index contributed by atoms with van der Waals surface area (Å²) in [5.74, 6) is -1.80. The molecule has 2 aromatic rings. The molecule has 40 heavy (non-hydrogen) atoms. The van der Waals surface area contributed by atoms with E-state index < -0.39 is 29.7 Å². The third kappa shape index (κ3) is 4.84. The van der Waals surface area contributed by atoms with Gasteiger partial charge in [-0.15, -0.1) is 0 Å². The average molecular weight is 548 g/mol. The van der Waals surface area contributed by atoms with Gasteiger partial charge in [0.1, 0.15) is 23.5 Å². The summed E-state index contributed by atoms with van der Waals surface area (Å²) >= 11 is 0. The molecule has 0 spiro atoms. The molecule has 2 aliphatic heterocycles. The van der Waals surface area contributed by atoms with Gasteiger partial charge in [0.15, 0.2) is 0 Å². The minimum atomic E-state index is -1.23. The van der Waals surface area contributed by atoms with Gasteiger partial charge >= 0.3 is 0 Å². The third-order valence-corrected chi connectivity index (χ3v) is 8.54. The normalized spacial score (nSPS) is 24.3. The molecule has 4 atom stereocenters. The molecule has 1 aromatic heterocycles. The largest absolute Gasteiger partial charge is 0.496 e. The SMILES string of the molecule is COc1cccc2[nH]c(C(=O)N3CC4CCCC4C3C(=O)NC(CN3C=CCC3=O)C(=O)C(=O)NC3CC3)cc12. The van der Waals surface area contributed by atoms with Crippen molar-refractivity contribution in [1.29, 1.82) is 0 Å². The van der Waals surface area contributed by atoms with E-state index >= 15 is 0 Å². The molecule has 2 saturated carbocycles. The number of likely N-dealkylation sites (tertiary alicyclic amines) is 1. The molecular weight excluding hydrogens is 514 g/mol. The van der Waals surface area contributed by atoms with Crippen molar-refractivity contribution in [3.63, 3.8) is 0 Å². The second kappa shape index (κ2) is 10.4. The van der Waals surface area contributed by atoms with Gasteiger partial charge < -0.3 is 30.2 Å². The quantitative estimate of drug-likeness (QED) is 0.407. The molecule has 0 bridgehead atoms. The number of H-pyrrole nitrogens is 1. The molecule has 3 fully saturated rings. The number of rotatable bonds is 9. The lowest BCUT2D eigenvalue weighted by Gasteiger charge is -2.29. The molecular formula is C29H33N5O6. The summed E-state index contributed by atoms with van der Waals surface area (Å²) in [6, 6.07) is 5.19. The van der Waals surface area contributed by atoms with Crippen LogP contribution < -0.4 is 15.4 Å². The Morgan fingerprint density at radius 3 is 2.70 bits per heavy atom. The number of ketones is 1. The number of ether oxygens (including phenoxy) is 1.